The number of rotatable bonds is 4. The van der Waals surface area contributed by atoms with Gasteiger partial charge in [-0.1, -0.05) is 0 Å². The summed E-state index contributed by atoms with van der Waals surface area (Å²) in [7, 11) is 5.35. The molecule has 0 unspecified atom stereocenters. The number of hydrogen-bond donors (Lipinski definition) is 1. The minimum Gasteiger partial charge on any atom is -0.355 e. The van der Waals surface area contributed by atoms with Crippen LogP contribution in [0.25, 0.3) is 5.65 Å². The Morgan fingerprint density at radius 3 is 2.92 bits per heavy atom. The molecule has 8 nitrogen and oxygen atoms in total. The minimum absolute atomic E-state index is 0.0413. The molecule has 0 aliphatic carbocycles. The Bertz CT molecular complexity index is 769. The monoisotopic (exact) mass is 330 g/mol. The molecule has 1 saturated heterocycles. The fourth-order valence-electron chi connectivity index (χ4n) is 3.19. The molecule has 2 aromatic heterocycles. The maximum atomic E-state index is 12.5. The molecule has 0 spiro atoms. The molecule has 1 N–H and O–H groups in total. The summed E-state index contributed by atoms with van der Waals surface area (Å²) in [5, 5.41) is 6.93. The van der Waals surface area contributed by atoms with Gasteiger partial charge >= 0.3 is 0 Å². The lowest BCUT2D eigenvalue weighted by molar-refractivity contribution is -0.132. The number of likely N-dealkylation sites (N-methyl/N-ethyl adjacent to an activating group) is 1. The Kier molecular flexibility index (Phi) is 4.48. The van der Waals surface area contributed by atoms with E-state index in [1.807, 2.05) is 30.0 Å². The zero-order valence-corrected chi connectivity index (χ0v) is 14.2. The second-order valence-corrected chi connectivity index (χ2v) is 6.23. The molecule has 8 heteroatoms. The van der Waals surface area contributed by atoms with Gasteiger partial charge in [0.05, 0.1) is 24.5 Å². The summed E-state index contributed by atoms with van der Waals surface area (Å²) in [6, 6.07) is 1.83. The molecule has 1 atom stereocenters. The Balaban J connectivity index is 1.98. The maximum Gasteiger partial charge on any atom is 0.256 e. The number of fused-ring (bicyclic) bond motifs is 1. The lowest BCUT2D eigenvalue weighted by atomic mass is 10.1. The van der Waals surface area contributed by atoms with E-state index in [2.05, 4.69) is 15.4 Å². The van der Waals surface area contributed by atoms with E-state index in [-0.39, 0.29) is 17.9 Å². The zero-order valence-electron chi connectivity index (χ0n) is 14.2. The van der Waals surface area contributed by atoms with E-state index in [1.54, 1.807) is 17.8 Å². The number of nitrogens with one attached hydrogen (secondary N) is 1. The summed E-state index contributed by atoms with van der Waals surface area (Å²) in [5.74, 6) is -0.118. The highest BCUT2D eigenvalue weighted by Gasteiger charge is 2.32. The molecule has 24 heavy (non-hydrogen) atoms. The van der Waals surface area contributed by atoms with E-state index in [4.69, 9.17) is 0 Å². The van der Waals surface area contributed by atoms with Crippen LogP contribution in [0.15, 0.2) is 18.5 Å². The fraction of sp³-hybridized carbons (Fsp3) is 0.500. The Morgan fingerprint density at radius 1 is 1.42 bits per heavy atom. The van der Waals surface area contributed by atoms with Crippen molar-refractivity contribution in [3.63, 3.8) is 0 Å². The van der Waals surface area contributed by atoms with Gasteiger partial charge in [0.2, 0.25) is 5.91 Å². The molecule has 3 rings (SSSR count). The van der Waals surface area contributed by atoms with Gasteiger partial charge in [-0.25, -0.2) is 9.50 Å². The number of carbonyl (C=O) groups is 2. The van der Waals surface area contributed by atoms with Gasteiger partial charge < -0.3 is 15.1 Å². The van der Waals surface area contributed by atoms with E-state index in [1.165, 1.54) is 6.20 Å². The van der Waals surface area contributed by atoms with Gasteiger partial charge in [-0.05, 0) is 33.0 Å². The standard InChI is InChI=1S/C16H22N6O2/c1-17-16(24)11-9-19-22-13(6-7-18-15(11)22)12-5-4-8-21(12)14(23)10-20(2)3/h6-7,9,12H,4-5,8,10H2,1-3H3,(H,17,24)/t12-/m1/s1. The number of hydrogen-bond acceptors (Lipinski definition) is 5. The molecular formula is C16H22N6O2. The minimum atomic E-state index is -0.221. The van der Waals surface area contributed by atoms with Crippen molar-refractivity contribution in [3.05, 3.63) is 29.7 Å². The topological polar surface area (TPSA) is 82.8 Å². The van der Waals surface area contributed by atoms with Crippen LogP contribution in [0.5, 0.6) is 0 Å². The highest BCUT2D eigenvalue weighted by Crippen LogP contribution is 2.32. The third-order valence-corrected chi connectivity index (χ3v) is 4.27. The van der Waals surface area contributed by atoms with Gasteiger partial charge in [0.25, 0.3) is 5.91 Å². The largest absolute Gasteiger partial charge is 0.355 e. The van der Waals surface area contributed by atoms with Crippen molar-refractivity contribution in [2.45, 2.75) is 18.9 Å². The van der Waals surface area contributed by atoms with Crippen LogP contribution in [0.4, 0.5) is 0 Å². The summed E-state index contributed by atoms with van der Waals surface area (Å²) >= 11 is 0. The lowest BCUT2D eigenvalue weighted by Crippen LogP contribution is -2.37. The van der Waals surface area contributed by atoms with E-state index in [0.29, 0.717) is 17.8 Å². The van der Waals surface area contributed by atoms with Crippen LogP contribution in [0, 0.1) is 0 Å². The third kappa shape index (κ3) is 2.84. The quantitative estimate of drug-likeness (QED) is 0.873. The number of nitrogens with zero attached hydrogens (tertiary/aromatic N) is 5. The van der Waals surface area contributed by atoms with Crippen molar-refractivity contribution in [2.24, 2.45) is 0 Å². The highest BCUT2D eigenvalue weighted by atomic mass is 16.2. The predicted octanol–water partition coefficient (Wildman–Crippen LogP) is 0.314. The van der Waals surface area contributed by atoms with Gasteiger partial charge in [-0.3, -0.25) is 9.59 Å². The van der Waals surface area contributed by atoms with Crippen LogP contribution >= 0.6 is 0 Å². The van der Waals surface area contributed by atoms with Crippen LogP contribution in [0.1, 0.15) is 34.9 Å². The smallest absolute Gasteiger partial charge is 0.256 e. The molecular weight excluding hydrogens is 308 g/mol. The first-order valence-electron chi connectivity index (χ1n) is 8.02. The van der Waals surface area contributed by atoms with Gasteiger partial charge in [-0.15, -0.1) is 0 Å². The second kappa shape index (κ2) is 6.56. The molecule has 1 aliphatic rings. The molecule has 3 heterocycles. The average molecular weight is 330 g/mol. The van der Waals surface area contributed by atoms with E-state index in [0.717, 1.165) is 25.1 Å². The number of aromatic nitrogens is 3. The Morgan fingerprint density at radius 2 is 2.21 bits per heavy atom. The number of carbonyl (C=O) groups excluding carboxylic acids is 2. The van der Waals surface area contributed by atoms with Crippen molar-refractivity contribution in [3.8, 4) is 0 Å². The average Bonchev–Trinajstić information content (AvgIpc) is 3.20. The van der Waals surface area contributed by atoms with Crippen LogP contribution in [0.2, 0.25) is 0 Å². The van der Waals surface area contributed by atoms with Gasteiger partial charge in [-0.2, -0.15) is 5.10 Å². The molecule has 0 saturated carbocycles. The van der Waals surface area contributed by atoms with E-state index < -0.39 is 0 Å². The first-order valence-corrected chi connectivity index (χ1v) is 8.02. The van der Waals surface area contributed by atoms with Crippen molar-refractivity contribution in [1.82, 2.24) is 29.7 Å². The lowest BCUT2D eigenvalue weighted by Gasteiger charge is -2.26. The van der Waals surface area contributed by atoms with Crippen LogP contribution in [-0.2, 0) is 4.79 Å². The molecule has 2 amide bonds. The fourth-order valence-corrected chi connectivity index (χ4v) is 3.19. The highest BCUT2D eigenvalue weighted by molar-refractivity contribution is 5.99. The normalized spacial score (nSPS) is 17.7. The number of likely N-dealkylation sites (tertiary alicyclic amines) is 1. The maximum absolute atomic E-state index is 12.5. The Labute approximate surface area is 140 Å². The molecule has 1 aliphatic heterocycles. The zero-order chi connectivity index (χ0) is 17.3. The van der Waals surface area contributed by atoms with Crippen molar-refractivity contribution >= 4 is 17.5 Å². The molecule has 0 aromatic carbocycles. The summed E-state index contributed by atoms with van der Waals surface area (Å²) in [6.07, 6.45) is 5.03. The van der Waals surface area contributed by atoms with E-state index >= 15 is 0 Å². The van der Waals surface area contributed by atoms with Gasteiger partial charge in [0.15, 0.2) is 5.65 Å². The summed E-state index contributed by atoms with van der Waals surface area (Å²) in [4.78, 5) is 32.5. The first-order chi connectivity index (χ1) is 11.5. The summed E-state index contributed by atoms with van der Waals surface area (Å²) in [5.41, 5.74) is 1.84. The third-order valence-electron chi connectivity index (χ3n) is 4.27. The number of amides is 2. The van der Waals surface area contributed by atoms with Gasteiger partial charge in [0.1, 0.15) is 5.56 Å². The molecule has 0 radical (unpaired) electrons. The van der Waals surface area contributed by atoms with Crippen LogP contribution < -0.4 is 5.32 Å². The van der Waals surface area contributed by atoms with Crippen molar-refractivity contribution in [2.75, 3.05) is 34.2 Å². The molecule has 0 bridgehead atoms. The van der Waals surface area contributed by atoms with Crippen LogP contribution in [-0.4, -0.2) is 70.4 Å². The van der Waals surface area contributed by atoms with E-state index in [9.17, 15) is 9.59 Å². The molecule has 1 fully saturated rings. The van der Waals surface area contributed by atoms with Crippen molar-refractivity contribution < 1.29 is 9.59 Å². The Hall–Kier alpha value is -2.48. The summed E-state index contributed by atoms with van der Waals surface area (Å²) < 4.78 is 1.68. The first kappa shape index (κ1) is 16.4. The SMILES string of the molecule is CNC(=O)c1cnn2c([C@H]3CCCN3C(=O)CN(C)C)ccnc12. The van der Waals surface area contributed by atoms with Gasteiger partial charge in [0, 0.05) is 19.8 Å². The molecule has 128 valence electrons. The predicted molar refractivity (Wildman–Crippen MR) is 88.6 cm³/mol. The van der Waals surface area contributed by atoms with Crippen molar-refractivity contribution in [1.29, 1.82) is 0 Å². The summed E-state index contributed by atoms with van der Waals surface area (Å²) in [6.45, 7) is 1.12. The molecule has 2 aromatic rings. The second-order valence-electron chi connectivity index (χ2n) is 6.23. The van der Waals surface area contributed by atoms with Crippen LogP contribution in [0.3, 0.4) is 0 Å².